The molecule has 0 heteroatoms. The van der Waals surface area contributed by atoms with E-state index in [1.54, 1.807) is 0 Å². The number of hydrogen-bond donors (Lipinski definition) is 0. The van der Waals surface area contributed by atoms with Crippen LogP contribution in [0.15, 0.2) is 72.3 Å². The molecule has 0 fully saturated rings. The Labute approximate surface area is 127 Å². The highest BCUT2D eigenvalue weighted by Crippen LogP contribution is 2.33. The minimum atomic E-state index is 0.485. The Morgan fingerprint density at radius 2 is 1.62 bits per heavy atom. The van der Waals surface area contributed by atoms with Gasteiger partial charge in [0.2, 0.25) is 0 Å². The topological polar surface area (TPSA) is 0 Å². The molecule has 106 valence electrons. The van der Waals surface area contributed by atoms with Crippen LogP contribution >= 0.6 is 0 Å². The van der Waals surface area contributed by atoms with Gasteiger partial charge in [-0.1, -0.05) is 84.8 Å². The zero-order valence-corrected chi connectivity index (χ0v) is 13.0. The second-order valence-corrected chi connectivity index (χ2v) is 6.15. The summed E-state index contributed by atoms with van der Waals surface area (Å²) in [5.41, 5.74) is 6.68. The van der Waals surface area contributed by atoms with Gasteiger partial charge >= 0.3 is 0 Å². The number of benzene rings is 2. The summed E-state index contributed by atoms with van der Waals surface area (Å²) in [7, 11) is 0. The van der Waals surface area contributed by atoms with Gasteiger partial charge in [0, 0.05) is 5.92 Å². The normalized spacial score (nSPS) is 21.2. The molecule has 0 aromatic heterocycles. The predicted octanol–water partition coefficient (Wildman–Crippen LogP) is 5.90. The van der Waals surface area contributed by atoms with Crippen LogP contribution in [0.2, 0.25) is 0 Å². The summed E-state index contributed by atoms with van der Waals surface area (Å²) in [6, 6.07) is 17.7. The Bertz CT molecular complexity index is 686. The maximum atomic E-state index is 2.36. The van der Waals surface area contributed by atoms with Crippen LogP contribution in [-0.4, -0.2) is 0 Å². The third-order valence-corrected chi connectivity index (χ3v) is 4.32. The van der Waals surface area contributed by atoms with Crippen LogP contribution in [0.25, 0.3) is 11.1 Å². The molecular weight excluding hydrogens is 252 g/mol. The average Bonchev–Trinajstić information content (AvgIpc) is 2.48. The fourth-order valence-electron chi connectivity index (χ4n) is 3.09. The highest BCUT2D eigenvalue weighted by Gasteiger charge is 2.18. The van der Waals surface area contributed by atoms with Crippen LogP contribution in [0.1, 0.15) is 30.9 Å². The van der Waals surface area contributed by atoms with Gasteiger partial charge in [-0.2, -0.15) is 0 Å². The zero-order chi connectivity index (χ0) is 14.8. The molecule has 1 aliphatic carbocycles. The van der Waals surface area contributed by atoms with Gasteiger partial charge in [-0.05, 0) is 36.5 Å². The Hall–Kier alpha value is -2.08. The zero-order valence-electron chi connectivity index (χ0n) is 13.0. The lowest BCUT2D eigenvalue weighted by Gasteiger charge is -2.23. The summed E-state index contributed by atoms with van der Waals surface area (Å²) in [5.74, 6) is 1.04. The Balaban J connectivity index is 1.94. The number of allylic oxidation sites excluding steroid dienone is 4. The second-order valence-electron chi connectivity index (χ2n) is 6.15. The summed E-state index contributed by atoms with van der Waals surface area (Å²) < 4.78 is 0. The molecule has 21 heavy (non-hydrogen) atoms. The monoisotopic (exact) mass is 274 g/mol. The smallest absolute Gasteiger partial charge is 0.00817 e. The molecule has 0 nitrogen and oxygen atoms in total. The van der Waals surface area contributed by atoms with Crippen molar-refractivity contribution in [3.05, 3.63) is 83.5 Å². The second kappa shape index (κ2) is 5.73. The first-order valence-electron chi connectivity index (χ1n) is 7.67. The minimum Gasteiger partial charge on any atom is -0.0778 e. The van der Waals surface area contributed by atoms with Gasteiger partial charge in [0.25, 0.3) is 0 Å². The van der Waals surface area contributed by atoms with Crippen molar-refractivity contribution in [2.24, 2.45) is 5.92 Å². The first-order chi connectivity index (χ1) is 10.1. The Morgan fingerprint density at radius 3 is 2.33 bits per heavy atom. The molecule has 0 spiro atoms. The van der Waals surface area contributed by atoms with E-state index in [9.17, 15) is 0 Å². The molecular formula is C21H22. The molecule has 0 N–H and O–H groups in total. The molecule has 2 aromatic carbocycles. The third kappa shape index (κ3) is 3.00. The Morgan fingerprint density at radius 1 is 0.857 bits per heavy atom. The molecule has 2 atom stereocenters. The lowest BCUT2D eigenvalue weighted by atomic mass is 9.82. The summed E-state index contributed by atoms with van der Waals surface area (Å²) in [6.07, 6.45) is 6.95. The van der Waals surface area contributed by atoms with Crippen LogP contribution in [-0.2, 0) is 0 Å². The van der Waals surface area contributed by atoms with Gasteiger partial charge in [-0.15, -0.1) is 0 Å². The summed E-state index contributed by atoms with van der Waals surface area (Å²) in [5, 5.41) is 0. The maximum Gasteiger partial charge on any atom is 0.00817 e. The van der Waals surface area contributed by atoms with E-state index in [0.717, 1.165) is 0 Å². The van der Waals surface area contributed by atoms with Gasteiger partial charge in [0.15, 0.2) is 0 Å². The van der Waals surface area contributed by atoms with Gasteiger partial charge in [0.05, 0.1) is 0 Å². The highest BCUT2D eigenvalue weighted by molar-refractivity contribution is 5.65. The van der Waals surface area contributed by atoms with Crippen LogP contribution in [0.4, 0.5) is 0 Å². The number of hydrogen-bond acceptors (Lipinski definition) is 0. The number of aryl methyl sites for hydroxylation is 1. The molecule has 0 aliphatic heterocycles. The van der Waals surface area contributed by atoms with Crippen molar-refractivity contribution in [1.82, 2.24) is 0 Å². The van der Waals surface area contributed by atoms with Crippen molar-refractivity contribution in [3.8, 4) is 11.1 Å². The molecule has 0 saturated carbocycles. The first-order valence-corrected chi connectivity index (χ1v) is 7.67. The molecule has 2 aromatic rings. The Kier molecular flexibility index (Phi) is 3.79. The van der Waals surface area contributed by atoms with Crippen molar-refractivity contribution >= 4 is 0 Å². The first kappa shape index (κ1) is 13.9. The number of rotatable bonds is 2. The van der Waals surface area contributed by atoms with Crippen molar-refractivity contribution < 1.29 is 0 Å². The molecule has 3 rings (SSSR count). The molecule has 0 radical (unpaired) electrons. The van der Waals surface area contributed by atoms with Gasteiger partial charge in [-0.3, -0.25) is 0 Å². The van der Waals surface area contributed by atoms with E-state index in [1.807, 2.05) is 0 Å². The fourth-order valence-corrected chi connectivity index (χ4v) is 3.09. The van der Waals surface area contributed by atoms with E-state index >= 15 is 0 Å². The van der Waals surface area contributed by atoms with Gasteiger partial charge in [0.1, 0.15) is 0 Å². The lowest BCUT2D eigenvalue weighted by molar-refractivity contribution is 0.630. The quantitative estimate of drug-likeness (QED) is 0.639. The molecule has 0 heterocycles. The van der Waals surface area contributed by atoms with Crippen molar-refractivity contribution in [1.29, 1.82) is 0 Å². The molecule has 2 unspecified atom stereocenters. The van der Waals surface area contributed by atoms with E-state index in [0.29, 0.717) is 11.8 Å². The van der Waals surface area contributed by atoms with Crippen molar-refractivity contribution in [2.45, 2.75) is 26.7 Å². The molecule has 1 aliphatic rings. The summed E-state index contributed by atoms with van der Waals surface area (Å²) >= 11 is 0. The van der Waals surface area contributed by atoms with Crippen LogP contribution < -0.4 is 0 Å². The molecule has 0 saturated heterocycles. The van der Waals surface area contributed by atoms with E-state index in [-0.39, 0.29) is 0 Å². The third-order valence-electron chi connectivity index (χ3n) is 4.32. The fraction of sp³-hybridized carbons (Fsp3) is 0.238. The van der Waals surface area contributed by atoms with E-state index in [1.165, 1.54) is 27.8 Å². The summed E-state index contributed by atoms with van der Waals surface area (Å²) in [4.78, 5) is 0. The minimum absolute atomic E-state index is 0.485. The standard InChI is InChI=1S/C21H22/c1-15-7-10-18(11-8-15)19-5-4-6-20(14-19)21-12-9-16(2)13-17(21)3/h4-14,17,21H,1-3H3. The van der Waals surface area contributed by atoms with E-state index in [2.05, 4.69) is 87.5 Å². The largest absolute Gasteiger partial charge is 0.0778 e. The predicted molar refractivity (Wildman–Crippen MR) is 91.4 cm³/mol. The van der Waals surface area contributed by atoms with Gasteiger partial charge < -0.3 is 0 Å². The molecule has 0 bridgehead atoms. The average molecular weight is 274 g/mol. The van der Waals surface area contributed by atoms with Crippen LogP contribution in [0.3, 0.4) is 0 Å². The SMILES string of the molecule is CC1=CC(C)C(c2cccc(-c3ccc(C)cc3)c2)C=C1. The van der Waals surface area contributed by atoms with Crippen molar-refractivity contribution in [3.63, 3.8) is 0 Å². The highest BCUT2D eigenvalue weighted by atomic mass is 14.2. The lowest BCUT2D eigenvalue weighted by Crippen LogP contribution is -2.08. The summed E-state index contributed by atoms with van der Waals surface area (Å²) in [6.45, 7) is 6.60. The van der Waals surface area contributed by atoms with Crippen molar-refractivity contribution in [2.75, 3.05) is 0 Å². The van der Waals surface area contributed by atoms with E-state index < -0.39 is 0 Å². The van der Waals surface area contributed by atoms with Crippen LogP contribution in [0, 0.1) is 12.8 Å². The maximum absolute atomic E-state index is 2.36. The van der Waals surface area contributed by atoms with Gasteiger partial charge in [-0.25, -0.2) is 0 Å². The van der Waals surface area contributed by atoms with E-state index in [4.69, 9.17) is 0 Å². The van der Waals surface area contributed by atoms with Crippen LogP contribution in [0.5, 0.6) is 0 Å². The molecule has 0 amide bonds.